The number of hydrogen-bond donors (Lipinski definition) is 2. The number of anilines is 1. The predicted octanol–water partition coefficient (Wildman–Crippen LogP) is 2.02. The normalized spacial score (nSPS) is 11.1. The molecular formula is C17H15F3N2O4S. The van der Waals surface area contributed by atoms with Crippen molar-refractivity contribution in [1.29, 1.82) is 0 Å². The zero-order chi connectivity index (χ0) is 20.2. The molecule has 2 aromatic carbocycles. The Kier molecular flexibility index (Phi) is 6.21. The van der Waals surface area contributed by atoms with Crippen LogP contribution in [0.25, 0.3) is 0 Å². The van der Waals surface area contributed by atoms with E-state index in [4.69, 9.17) is 0 Å². The van der Waals surface area contributed by atoms with Gasteiger partial charge in [0.1, 0.15) is 0 Å². The summed E-state index contributed by atoms with van der Waals surface area (Å²) >= 11 is 0. The van der Waals surface area contributed by atoms with Gasteiger partial charge in [0.15, 0.2) is 27.3 Å². The van der Waals surface area contributed by atoms with Gasteiger partial charge in [-0.1, -0.05) is 12.1 Å². The largest absolute Gasteiger partial charge is 0.343 e. The Hall–Kier alpha value is -2.88. The van der Waals surface area contributed by atoms with Crippen LogP contribution >= 0.6 is 0 Å². The predicted molar refractivity (Wildman–Crippen MR) is 92.3 cm³/mol. The first kappa shape index (κ1) is 20.4. The Labute approximate surface area is 153 Å². The highest BCUT2D eigenvalue weighted by Gasteiger charge is 2.16. The first-order valence-corrected chi connectivity index (χ1v) is 9.61. The summed E-state index contributed by atoms with van der Waals surface area (Å²) in [6.45, 7) is -0.539. The highest BCUT2D eigenvalue weighted by Crippen LogP contribution is 2.19. The lowest BCUT2D eigenvalue weighted by Gasteiger charge is -2.09. The third-order valence-electron chi connectivity index (χ3n) is 3.36. The number of carbonyl (C=O) groups is 2. The maximum absolute atomic E-state index is 13.5. The topological polar surface area (TPSA) is 92.3 Å². The standard InChI is InChI=1S/C17H15F3N2O4S/c1-27(25,26)9-10-2-4-11(5-3-10)17(24)21-8-14(23)22-13-7-6-12(18)15(19)16(13)20/h2-7H,8-9H2,1H3,(H,21,24)(H,22,23). The average molecular weight is 400 g/mol. The van der Waals surface area contributed by atoms with Crippen LogP contribution in [0.2, 0.25) is 0 Å². The lowest BCUT2D eigenvalue weighted by atomic mass is 10.1. The maximum Gasteiger partial charge on any atom is 0.251 e. The van der Waals surface area contributed by atoms with Crippen molar-refractivity contribution < 1.29 is 31.2 Å². The van der Waals surface area contributed by atoms with Gasteiger partial charge >= 0.3 is 0 Å². The third kappa shape index (κ3) is 5.81. The summed E-state index contributed by atoms with van der Waals surface area (Å²) in [6, 6.07) is 7.23. The quantitative estimate of drug-likeness (QED) is 0.726. The van der Waals surface area contributed by atoms with E-state index in [-0.39, 0.29) is 11.3 Å². The van der Waals surface area contributed by atoms with Crippen molar-refractivity contribution >= 4 is 27.3 Å². The maximum atomic E-state index is 13.5. The van der Waals surface area contributed by atoms with E-state index in [9.17, 15) is 31.2 Å². The smallest absolute Gasteiger partial charge is 0.251 e. The molecule has 144 valence electrons. The van der Waals surface area contributed by atoms with Gasteiger partial charge in [-0.2, -0.15) is 0 Å². The van der Waals surface area contributed by atoms with E-state index in [0.717, 1.165) is 12.3 Å². The van der Waals surface area contributed by atoms with Crippen molar-refractivity contribution in [2.75, 3.05) is 18.1 Å². The van der Waals surface area contributed by atoms with Gasteiger partial charge in [0.05, 0.1) is 18.0 Å². The van der Waals surface area contributed by atoms with E-state index < -0.39 is 51.3 Å². The molecule has 0 bridgehead atoms. The second kappa shape index (κ2) is 8.21. The molecule has 0 fully saturated rings. The van der Waals surface area contributed by atoms with Crippen LogP contribution in [-0.4, -0.2) is 33.0 Å². The van der Waals surface area contributed by atoms with Crippen LogP contribution < -0.4 is 10.6 Å². The van der Waals surface area contributed by atoms with Crippen LogP contribution in [0.4, 0.5) is 18.9 Å². The third-order valence-corrected chi connectivity index (χ3v) is 4.22. The molecule has 2 N–H and O–H groups in total. The number of hydrogen-bond acceptors (Lipinski definition) is 4. The molecule has 0 atom stereocenters. The molecule has 2 rings (SSSR count). The summed E-state index contributed by atoms with van der Waals surface area (Å²) in [5, 5.41) is 4.29. The van der Waals surface area contributed by atoms with E-state index in [1.54, 1.807) is 0 Å². The molecule has 0 aliphatic heterocycles. The Balaban J connectivity index is 1.93. The first-order valence-electron chi connectivity index (χ1n) is 7.55. The highest BCUT2D eigenvalue weighted by molar-refractivity contribution is 7.89. The van der Waals surface area contributed by atoms with Gasteiger partial charge < -0.3 is 10.6 Å². The Morgan fingerprint density at radius 3 is 2.19 bits per heavy atom. The van der Waals surface area contributed by atoms with Gasteiger partial charge in [0.25, 0.3) is 5.91 Å². The minimum atomic E-state index is -3.21. The number of nitrogens with one attached hydrogen (secondary N) is 2. The van der Waals surface area contributed by atoms with E-state index in [0.29, 0.717) is 11.6 Å². The molecule has 2 amide bonds. The molecule has 0 unspecified atom stereocenters. The van der Waals surface area contributed by atoms with Crippen molar-refractivity contribution in [2.45, 2.75) is 5.75 Å². The zero-order valence-corrected chi connectivity index (χ0v) is 14.9. The molecule has 0 aliphatic rings. The molecule has 27 heavy (non-hydrogen) atoms. The minimum Gasteiger partial charge on any atom is -0.343 e. The molecule has 10 heteroatoms. The van der Waals surface area contributed by atoms with E-state index in [2.05, 4.69) is 5.32 Å². The van der Waals surface area contributed by atoms with Crippen LogP contribution in [0.15, 0.2) is 36.4 Å². The van der Waals surface area contributed by atoms with Gasteiger partial charge in [0, 0.05) is 11.8 Å². The first-order chi connectivity index (χ1) is 12.6. The second-order valence-corrected chi connectivity index (χ2v) is 7.86. The summed E-state index contributed by atoms with van der Waals surface area (Å²) < 4.78 is 61.9. The fourth-order valence-corrected chi connectivity index (χ4v) is 2.93. The molecular weight excluding hydrogens is 385 g/mol. The highest BCUT2D eigenvalue weighted by atomic mass is 32.2. The van der Waals surface area contributed by atoms with Gasteiger partial charge in [0.2, 0.25) is 5.91 Å². The van der Waals surface area contributed by atoms with E-state index in [1.165, 1.54) is 24.3 Å². The molecule has 0 saturated carbocycles. The van der Waals surface area contributed by atoms with Crippen molar-refractivity contribution in [3.05, 3.63) is 65.0 Å². The van der Waals surface area contributed by atoms with Crippen LogP contribution in [0.3, 0.4) is 0 Å². The van der Waals surface area contributed by atoms with Gasteiger partial charge in [-0.15, -0.1) is 0 Å². The fraction of sp³-hybridized carbons (Fsp3) is 0.176. The van der Waals surface area contributed by atoms with Gasteiger partial charge in [-0.05, 0) is 29.8 Å². The monoisotopic (exact) mass is 400 g/mol. The molecule has 0 aromatic heterocycles. The van der Waals surface area contributed by atoms with Crippen LogP contribution in [0.1, 0.15) is 15.9 Å². The molecule has 0 heterocycles. The number of amides is 2. The number of sulfone groups is 1. The molecule has 2 aromatic rings. The molecule has 0 aliphatic carbocycles. The number of carbonyl (C=O) groups excluding carboxylic acids is 2. The van der Waals surface area contributed by atoms with Crippen LogP contribution in [0.5, 0.6) is 0 Å². The minimum absolute atomic E-state index is 0.170. The summed E-state index contributed by atoms with van der Waals surface area (Å²) in [6.07, 6.45) is 1.09. The Morgan fingerprint density at radius 1 is 0.963 bits per heavy atom. The number of rotatable bonds is 6. The lowest BCUT2D eigenvalue weighted by molar-refractivity contribution is -0.115. The summed E-state index contributed by atoms with van der Waals surface area (Å²) in [7, 11) is -3.21. The number of halogens is 3. The SMILES string of the molecule is CS(=O)(=O)Cc1ccc(C(=O)NCC(=O)Nc2ccc(F)c(F)c2F)cc1. The number of benzene rings is 2. The summed E-state index contributed by atoms with van der Waals surface area (Å²) in [4.78, 5) is 23.7. The molecule has 6 nitrogen and oxygen atoms in total. The zero-order valence-electron chi connectivity index (χ0n) is 14.1. The van der Waals surface area contributed by atoms with Crippen LogP contribution in [-0.2, 0) is 20.4 Å². The van der Waals surface area contributed by atoms with E-state index in [1.807, 2.05) is 5.32 Å². The molecule has 0 saturated heterocycles. The van der Waals surface area contributed by atoms with Gasteiger partial charge in [-0.25, -0.2) is 21.6 Å². The summed E-state index contributed by atoms with van der Waals surface area (Å²) in [5.74, 6) is -6.29. The van der Waals surface area contributed by atoms with Gasteiger partial charge in [-0.3, -0.25) is 9.59 Å². The average Bonchev–Trinajstić information content (AvgIpc) is 2.59. The Morgan fingerprint density at radius 2 is 1.59 bits per heavy atom. The van der Waals surface area contributed by atoms with Crippen LogP contribution in [0, 0.1) is 17.5 Å². The Bertz CT molecular complexity index is 976. The van der Waals surface area contributed by atoms with Crippen molar-refractivity contribution in [3.63, 3.8) is 0 Å². The summed E-state index contributed by atoms with van der Waals surface area (Å²) in [5.41, 5.74) is 0.123. The molecule has 0 radical (unpaired) electrons. The molecule has 0 spiro atoms. The lowest BCUT2D eigenvalue weighted by Crippen LogP contribution is -2.33. The fourth-order valence-electron chi connectivity index (χ4n) is 2.13. The van der Waals surface area contributed by atoms with Crippen molar-refractivity contribution in [3.8, 4) is 0 Å². The van der Waals surface area contributed by atoms with E-state index >= 15 is 0 Å². The van der Waals surface area contributed by atoms with Crippen molar-refractivity contribution in [2.24, 2.45) is 0 Å². The van der Waals surface area contributed by atoms with Crippen molar-refractivity contribution in [1.82, 2.24) is 5.32 Å². The second-order valence-electron chi connectivity index (χ2n) is 5.72.